The number of para-hydroxylation sites is 1. The average molecular weight is 481 g/mol. The predicted molar refractivity (Wildman–Crippen MR) is 129 cm³/mol. The molecule has 0 heterocycles. The lowest BCUT2D eigenvalue weighted by Crippen LogP contribution is -2.63. The fraction of sp³-hybridized carbons (Fsp3) is 0.478. The number of rotatable bonds is 11. The van der Waals surface area contributed by atoms with E-state index in [4.69, 9.17) is 21.3 Å². The fourth-order valence-electron chi connectivity index (χ4n) is 3.73. The first-order valence-electron chi connectivity index (χ1n) is 10.8. The number of benzene rings is 2. The standard InChI is InChI=1S/C23H36N4O5S/c1-5-21(3,24)23(29,15-22(4,25)28)14-16-12-18(27-6-2)20(19(13-16)33(26,30)31)32-17-10-8-7-9-11-17/h7-13,27-29H,5-6,14-15,24-25H2,1-4H3,(H2,26,30,31). The van der Waals surface area contributed by atoms with Gasteiger partial charge in [0.15, 0.2) is 5.75 Å². The fourth-order valence-corrected chi connectivity index (χ4v) is 4.46. The van der Waals surface area contributed by atoms with Crippen molar-refractivity contribution >= 4 is 15.7 Å². The first-order valence-corrected chi connectivity index (χ1v) is 12.4. The molecule has 0 spiro atoms. The number of hydrogen-bond acceptors (Lipinski definition) is 8. The summed E-state index contributed by atoms with van der Waals surface area (Å²) in [5.74, 6) is 0.486. The van der Waals surface area contributed by atoms with Crippen molar-refractivity contribution in [2.75, 3.05) is 11.9 Å². The predicted octanol–water partition coefficient (Wildman–Crippen LogP) is 2.02. The second-order valence-corrected chi connectivity index (χ2v) is 10.5. The molecule has 0 aliphatic carbocycles. The number of primary sulfonamides is 1. The Morgan fingerprint density at radius 3 is 2.15 bits per heavy atom. The third kappa shape index (κ3) is 6.89. The molecule has 2 rings (SSSR count). The summed E-state index contributed by atoms with van der Waals surface area (Å²) >= 11 is 0. The van der Waals surface area contributed by atoms with Crippen LogP contribution in [0.15, 0.2) is 47.4 Å². The van der Waals surface area contributed by atoms with Crippen LogP contribution in [0.25, 0.3) is 0 Å². The lowest BCUT2D eigenvalue weighted by Gasteiger charge is -2.45. The molecule has 3 atom stereocenters. The first kappa shape index (κ1) is 27.0. The van der Waals surface area contributed by atoms with Crippen LogP contribution >= 0.6 is 0 Å². The zero-order valence-corrected chi connectivity index (χ0v) is 20.4. The number of ether oxygens (including phenoxy) is 1. The van der Waals surface area contributed by atoms with Gasteiger partial charge >= 0.3 is 0 Å². The molecule has 2 aromatic carbocycles. The molecule has 0 aromatic heterocycles. The summed E-state index contributed by atoms with van der Waals surface area (Å²) in [6.45, 7) is 7.18. The second-order valence-electron chi connectivity index (χ2n) is 8.97. The van der Waals surface area contributed by atoms with Gasteiger partial charge in [0.25, 0.3) is 0 Å². The quantitative estimate of drug-likeness (QED) is 0.265. The monoisotopic (exact) mass is 480 g/mol. The summed E-state index contributed by atoms with van der Waals surface area (Å²) in [5.41, 5.74) is 8.55. The Bertz CT molecular complexity index is 1050. The largest absolute Gasteiger partial charge is 0.454 e. The molecular weight excluding hydrogens is 444 g/mol. The van der Waals surface area contributed by atoms with Crippen molar-refractivity contribution in [3.8, 4) is 11.5 Å². The Balaban J connectivity index is 2.67. The molecule has 0 saturated carbocycles. The van der Waals surface area contributed by atoms with Gasteiger partial charge in [0.2, 0.25) is 10.0 Å². The van der Waals surface area contributed by atoms with Crippen LogP contribution in [0.3, 0.4) is 0 Å². The summed E-state index contributed by atoms with van der Waals surface area (Å²) < 4.78 is 31.0. The summed E-state index contributed by atoms with van der Waals surface area (Å²) in [7, 11) is -4.20. The Labute approximate surface area is 196 Å². The number of aliphatic hydroxyl groups is 2. The van der Waals surface area contributed by atoms with E-state index in [2.05, 4.69) is 5.32 Å². The molecule has 0 bridgehead atoms. The van der Waals surface area contributed by atoms with Crippen molar-refractivity contribution in [3.05, 3.63) is 48.0 Å². The Morgan fingerprint density at radius 1 is 1.06 bits per heavy atom. The molecule has 0 radical (unpaired) electrons. The van der Waals surface area contributed by atoms with Crippen LogP contribution in [0.4, 0.5) is 5.69 Å². The Morgan fingerprint density at radius 2 is 1.67 bits per heavy atom. The van der Waals surface area contributed by atoms with E-state index in [9.17, 15) is 18.6 Å². The highest BCUT2D eigenvalue weighted by Crippen LogP contribution is 2.40. The van der Waals surface area contributed by atoms with Gasteiger partial charge in [-0.05, 0) is 57.0 Å². The molecule has 9 N–H and O–H groups in total. The van der Waals surface area contributed by atoms with Crippen molar-refractivity contribution in [2.24, 2.45) is 16.6 Å². The number of nitrogens with one attached hydrogen (secondary N) is 1. The highest BCUT2D eigenvalue weighted by Gasteiger charge is 2.46. The van der Waals surface area contributed by atoms with Gasteiger partial charge in [0, 0.05) is 24.9 Å². The summed E-state index contributed by atoms with van der Waals surface area (Å²) in [6.07, 6.45) is 0.0783. The van der Waals surface area contributed by atoms with Crippen molar-refractivity contribution in [1.82, 2.24) is 0 Å². The topological polar surface area (TPSA) is 174 Å². The minimum atomic E-state index is -4.20. The second kappa shape index (κ2) is 9.96. The van der Waals surface area contributed by atoms with Gasteiger partial charge in [-0.2, -0.15) is 0 Å². The molecule has 0 fully saturated rings. The van der Waals surface area contributed by atoms with E-state index in [1.807, 2.05) is 19.9 Å². The van der Waals surface area contributed by atoms with E-state index in [0.29, 0.717) is 30.0 Å². The summed E-state index contributed by atoms with van der Waals surface area (Å²) in [6, 6.07) is 11.8. The molecule has 10 heteroatoms. The molecule has 33 heavy (non-hydrogen) atoms. The zero-order valence-electron chi connectivity index (χ0n) is 19.6. The third-order valence-corrected chi connectivity index (χ3v) is 6.61. The minimum Gasteiger partial charge on any atom is -0.454 e. The van der Waals surface area contributed by atoms with E-state index < -0.39 is 26.9 Å². The number of anilines is 1. The Kier molecular flexibility index (Phi) is 8.16. The highest BCUT2D eigenvalue weighted by atomic mass is 32.2. The zero-order chi connectivity index (χ0) is 25.1. The van der Waals surface area contributed by atoms with Crippen molar-refractivity contribution in [2.45, 2.75) is 68.7 Å². The van der Waals surface area contributed by atoms with Crippen LogP contribution < -0.4 is 26.7 Å². The maximum Gasteiger partial charge on any atom is 0.241 e. The van der Waals surface area contributed by atoms with Gasteiger partial charge in [-0.25, -0.2) is 13.6 Å². The Hall–Kier alpha value is -2.21. The van der Waals surface area contributed by atoms with E-state index in [1.165, 1.54) is 13.0 Å². The molecule has 184 valence electrons. The number of nitrogens with two attached hydrogens (primary N) is 3. The normalized spacial score (nSPS) is 17.5. The maximum atomic E-state index is 12.5. The lowest BCUT2D eigenvalue weighted by molar-refractivity contribution is -0.0933. The van der Waals surface area contributed by atoms with Crippen LogP contribution in [0.2, 0.25) is 0 Å². The van der Waals surface area contributed by atoms with Crippen molar-refractivity contribution < 1.29 is 23.4 Å². The summed E-state index contributed by atoms with van der Waals surface area (Å²) in [5, 5.41) is 30.4. The SMILES string of the molecule is CCNc1cc(CC(O)(CC(C)(N)O)C(C)(N)CC)cc(S(N)(=O)=O)c1Oc1ccccc1. The summed E-state index contributed by atoms with van der Waals surface area (Å²) in [4.78, 5) is -0.239. The van der Waals surface area contributed by atoms with Gasteiger partial charge in [0.1, 0.15) is 16.4 Å². The van der Waals surface area contributed by atoms with E-state index >= 15 is 0 Å². The van der Waals surface area contributed by atoms with Crippen LogP contribution in [0, 0.1) is 0 Å². The molecular formula is C23H36N4O5S. The third-order valence-electron chi connectivity index (χ3n) is 5.70. The molecule has 0 amide bonds. The van der Waals surface area contributed by atoms with Crippen LogP contribution in [-0.2, 0) is 16.4 Å². The van der Waals surface area contributed by atoms with Gasteiger partial charge < -0.3 is 31.7 Å². The van der Waals surface area contributed by atoms with Crippen LogP contribution in [0.5, 0.6) is 11.5 Å². The lowest BCUT2D eigenvalue weighted by atomic mass is 9.72. The number of hydrogen-bond donors (Lipinski definition) is 6. The highest BCUT2D eigenvalue weighted by molar-refractivity contribution is 7.89. The van der Waals surface area contributed by atoms with Crippen molar-refractivity contribution in [1.29, 1.82) is 0 Å². The molecule has 0 aliphatic rings. The number of sulfonamides is 1. The molecule has 9 nitrogen and oxygen atoms in total. The molecule has 0 aliphatic heterocycles. The van der Waals surface area contributed by atoms with Gasteiger partial charge in [0.05, 0.1) is 11.3 Å². The molecule has 2 aromatic rings. The first-order chi connectivity index (χ1) is 15.1. The minimum absolute atomic E-state index is 0.0506. The van der Waals surface area contributed by atoms with E-state index in [0.717, 1.165) is 0 Å². The van der Waals surface area contributed by atoms with Gasteiger partial charge in [-0.15, -0.1) is 0 Å². The van der Waals surface area contributed by atoms with Crippen LogP contribution in [-0.4, -0.2) is 42.0 Å². The van der Waals surface area contributed by atoms with Crippen molar-refractivity contribution in [3.63, 3.8) is 0 Å². The molecule has 3 unspecified atom stereocenters. The van der Waals surface area contributed by atoms with Gasteiger partial charge in [-0.3, -0.25) is 0 Å². The average Bonchev–Trinajstić information content (AvgIpc) is 2.68. The smallest absolute Gasteiger partial charge is 0.241 e. The van der Waals surface area contributed by atoms with Crippen LogP contribution in [0.1, 0.15) is 46.1 Å². The molecule has 0 saturated heterocycles. The van der Waals surface area contributed by atoms with E-state index in [1.54, 1.807) is 37.3 Å². The van der Waals surface area contributed by atoms with Gasteiger partial charge in [-0.1, -0.05) is 25.1 Å². The maximum absolute atomic E-state index is 12.5. The van der Waals surface area contributed by atoms with E-state index in [-0.39, 0.29) is 23.5 Å².